The summed E-state index contributed by atoms with van der Waals surface area (Å²) in [5.41, 5.74) is 13.8. The maximum absolute atomic E-state index is 6.60. The van der Waals surface area contributed by atoms with Gasteiger partial charge in [0.2, 0.25) is 5.89 Å². The van der Waals surface area contributed by atoms with Crippen LogP contribution in [0, 0.1) is 0 Å². The Kier molecular flexibility index (Phi) is 7.78. The van der Waals surface area contributed by atoms with Crippen LogP contribution in [-0.4, -0.2) is 9.55 Å². The van der Waals surface area contributed by atoms with Gasteiger partial charge in [-0.1, -0.05) is 133 Å². The number of rotatable bonds is 7. The third-order valence-corrected chi connectivity index (χ3v) is 11.0. The first-order valence-electron chi connectivity index (χ1n) is 19.3. The minimum Gasteiger partial charge on any atom is -0.435 e. The molecule has 9 aromatic carbocycles. The quantitative estimate of drug-likeness (QED) is 0.164. The number of hydrogen-bond donors (Lipinski definition) is 0. The molecule has 0 aliphatic heterocycles. The molecule has 268 valence electrons. The van der Waals surface area contributed by atoms with Gasteiger partial charge >= 0.3 is 0 Å². The molecular weight excluding hydrogens is 695 g/mol. The molecule has 0 bridgehead atoms. The van der Waals surface area contributed by atoms with Gasteiger partial charge in [-0.05, 0) is 101 Å². The fourth-order valence-electron chi connectivity index (χ4n) is 8.29. The number of benzene rings is 9. The average molecular weight is 730 g/mol. The molecule has 57 heavy (non-hydrogen) atoms. The van der Waals surface area contributed by atoms with Gasteiger partial charge in [-0.25, -0.2) is 4.98 Å². The highest BCUT2D eigenvalue weighted by molar-refractivity contribution is 6.12. The average Bonchev–Trinajstić information content (AvgIpc) is 3.88. The van der Waals surface area contributed by atoms with Crippen LogP contribution in [0.15, 0.2) is 217 Å². The van der Waals surface area contributed by atoms with Crippen molar-refractivity contribution in [1.82, 2.24) is 9.55 Å². The van der Waals surface area contributed by atoms with Crippen molar-refractivity contribution in [3.05, 3.63) is 212 Å². The Hall–Kier alpha value is -7.69. The molecule has 4 nitrogen and oxygen atoms in total. The molecule has 11 rings (SSSR count). The van der Waals surface area contributed by atoms with Gasteiger partial charge in [0.15, 0.2) is 5.58 Å². The van der Waals surface area contributed by atoms with E-state index in [-0.39, 0.29) is 0 Å². The molecule has 0 unspecified atom stereocenters. The third-order valence-electron chi connectivity index (χ3n) is 11.0. The summed E-state index contributed by atoms with van der Waals surface area (Å²) in [6.45, 7) is 0. The standard InChI is InChI=1S/C53H35N3O/c1-4-14-36(15-5-1)37-24-28-42(29-25-37)55(44-32-33-50-48(35-44)46-22-12-13-23-49(46)56(50)41-19-8-3-9-20-41)43-30-26-38(27-31-43)47-34-40-18-10-11-21-45(40)51-52(47)57-53(54-51)39-16-6-2-7-17-39/h1-35H. The second-order valence-corrected chi connectivity index (χ2v) is 14.4. The number of oxazole rings is 1. The monoisotopic (exact) mass is 729 g/mol. The van der Waals surface area contributed by atoms with E-state index in [1.165, 1.54) is 32.9 Å². The summed E-state index contributed by atoms with van der Waals surface area (Å²) in [5, 5.41) is 4.62. The lowest BCUT2D eigenvalue weighted by atomic mass is 9.99. The van der Waals surface area contributed by atoms with Gasteiger partial charge in [0, 0.05) is 50.0 Å². The van der Waals surface area contributed by atoms with Crippen LogP contribution < -0.4 is 4.90 Å². The highest BCUT2D eigenvalue weighted by atomic mass is 16.3. The Bertz CT molecular complexity index is 3200. The number of anilines is 3. The van der Waals surface area contributed by atoms with Crippen LogP contribution in [0.4, 0.5) is 17.1 Å². The Labute approximate surface area is 330 Å². The summed E-state index contributed by atoms with van der Waals surface area (Å²) in [5.74, 6) is 0.619. The Balaban J connectivity index is 1.06. The van der Waals surface area contributed by atoms with Gasteiger partial charge in [0.1, 0.15) is 5.52 Å². The van der Waals surface area contributed by atoms with Gasteiger partial charge in [0.25, 0.3) is 0 Å². The Morgan fingerprint density at radius 2 is 0.947 bits per heavy atom. The van der Waals surface area contributed by atoms with Crippen molar-refractivity contribution in [2.24, 2.45) is 0 Å². The largest absolute Gasteiger partial charge is 0.435 e. The molecule has 0 spiro atoms. The van der Waals surface area contributed by atoms with Gasteiger partial charge in [-0.15, -0.1) is 0 Å². The van der Waals surface area contributed by atoms with Crippen LogP contribution in [0.25, 0.3) is 83.1 Å². The highest BCUT2D eigenvalue weighted by Gasteiger charge is 2.20. The predicted octanol–water partition coefficient (Wildman–Crippen LogP) is 14.5. The van der Waals surface area contributed by atoms with Crippen molar-refractivity contribution in [2.75, 3.05) is 4.90 Å². The molecule has 0 saturated carbocycles. The van der Waals surface area contributed by atoms with E-state index in [0.717, 1.165) is 61.3 Å². The second-order valence-electron chi connectivity index (χ2n) is 14.4. The van der Waals surface area contributed by atoms with Crippen LogP contribution in [0.3, 0.4) is 0 Å². The molecule has 0 radical (unpaired) electrons. The minimum atomic E-state index is 0.619. The zero-order valence-corrected chi connectivity index (χ0v) is 31.0. The highest BCUT2D eigenvalue weighted by Crippen LogP contribution is 2.42. The molecule has 0 saturated heterocycles. The molecule has 0 aliphatic rings. The fraction of sp³-hybridized carbons (Fsp3) is 0. The third kappa shape index (κ3) is 5.66. The lowest BCUT2D eigenvalue weighted by Crippen LogP contribution is -2.10. The number of aromatic nitrogens is 2. The van der Waals surface area contributed by atoms with E-state index in [1.54, 1.807) is 0 Å². The van der Waals surface area contributed by atoms with E-state index in [2.05, 4.69) is 191 Å². The van der Waals surface area contributed by atoms with Gasteiger partial charge in [-0.3, -0.25) is 0 Å². The van der Waals surface area contributed by atoms with Crippen molar-refractivity contribution in [1.29, 1.82) is 0 Å². The maximum Gasteiger partial charge on any atom is 0.227 e. The van der Waals surface area contributed by atoms with Crippen LogP contribution in [-0.2, 0) is 0 Å². The summed E-state index contributed by atoms with van der Waals surface area (Å²) in [7, 11) is 0. The van der Waals surface area contributed by atoms with Crippen LogP contribution >= 0.6 is 0 Å². The summed E-state index contributed by atoms with van der Waals surface area (Å²) in [6, 6.07) is 75.1. The maximum atomic E-state index is 6.60. The molecule has 4 heteroatoms. The normalized spacial score (nSPS) is 11.5. The van der Waals surface area contributed by atoms with Crippen LogP contribution in [0.1, 0.15) is 0 Å². The number of hydrogen-bond acceptors (Lipinski definition) is 3. The molecule has 0 aliphatic carbocycles. The summed E-state index contributed by atoms with van der Waals surface area (Å²) in [4.78, 5) is 7.39. The van der Waals surface area contributed by atoms with Crippen molar-refractivity contribution < 1.29 is 4.42 Å². The van der Waals surface area contributed by atoms with E-state index in [1.807, 2.05) is 30.3 Å². The van der Waals surface area contributed by atoms with Crippen LogP contribution in [0.5, 0.6) is 0 Å². The first kappa shape index (κ1) is 32.7. The van der Waals surface area contributed by atoms with E-state index < -0.39 is 0 Å². The molecule has 11 aromatic rings. The number of fused-ring (bicyclic) bond motifs is 6. The molecule has 0 atom stereocenters. The molecule has 0 amide bonds. The fourth-order valence-corrected chi connectivity index (χ4v) is 8.29. The Morgan fingerprint density at radius 3 is 1.67 bits per heavy atom. The van der Waals surface area contributed by atoms with Gasteiger partial charge < -0.3 is 13.9 Å². The van der Waals surface area contributed by atoms with E-state index in [0.29, 0.717) is 5.89 Å². The first-order valence-corrected chi connectivity index (χ1v) is 19.3. The first-order chi connectivity index (χ1) is 28.3. The lowest BCUT2D eigenvalue weighted by molar-refractivity contribution is 0.621. The topological polar surface area (TPSA) is 34.2 Å². The Morgan fingerprint density at radius 1 is 0.404 bits per heavy atom. The summed E-state index contributed by atoms with van der Waals surface area (Å²) in [6.07, 6.45) is 0. The summed E-state index contributed by atoms with van der Waals surface area (Å²) < 4.78 is 8.96. The lowest BCUT2D eigenvalue weighted by Gasteiger charge is -2.26. The van der Waals surface area contributed by atoms with E-state index >= 15 is 0 Å². The van der Waals surface area contributed by atoms with Crippen LogP contribution in [0.2, 0.25) is 0 Å². The van der Waals surface area contributed by atoms with Crippen molar-refractivity contribution >= 4 is 60.7 Å². The molecular formula is C53H35N3O. The predicted molar refractivity (Wildman–Crippen MR) is 237 cm³/mol. The smallest absolute Gasteiger partial charge is 0.227 e. The number of para-hydroxylation sites is 2. The summed E-state index contributed by atoms with van der Waals surface area (Å²) >= 11 is 0. The SMILES string of the molecule is c1ccc(-c2ccc(N(c3ccc(-c4cc5ccccc5c5nc(-c6ccccc6)oc45)cc3)c3ccc4c(c3)c3ccccc3n4-c3ccccc3)cc2)cc1. The number of nitrogens with zero attached hydrogens (tertiary/aromatic N) is 3. The van der Waals surface area contributed by atoms with Crippen molar-refractivity contribution in [2.45, 2.75) is 0 Å². The van der Waals surface area contributed by atoms with Crippen molar-refractivity contribution in [3.63, 3.8) is 0 Å². The van der Waals surface area contributed by atoms with E-state index in [9.17, 15) is 0 Å². The van der Waals surface area contributed by atoms with Crippen molar-refractivity contribution in [3.8, 4) is 39.4 Å². The molecule has 0 N–H and O–H groups in total. The second kappa shape index (κ2) is 13.6. The van der Waals surface area contributed by atoms with Gasteiger partial charge in [-0.2, -0.15) is 0 Å². The molecule has 0 fully saturated rings. The minimum absolute atomic E-state index is 0.619. The molecule has 2 aromatic heterocycles. The zero-order valence-electron chi connectivity index (χ0n) is 31.0. The molecule has 2 heterocycles. The zero-order chi connectivity index (χ0) is 37.7. The van der Waals surface area contributed by atoms with Gasteiger partial charge in [0.05, 0.1) is 11.0 Å². The van der Waals surface area contributed by atoms with E-state index in [4.69, 9.17) is 9.40 Å².